The van der Waals surface area contributed by atoms with Crippen molar-refractivity contribution in [2.75, 3.05) is 23.3 Å². The summed E-state index contributed by atoms with van der Waals surface area (Å²) in [6, 6.07) is 9.22. The lowest BCUT2D eigenvalue weighted by Gasteiger charge is -2.33. The zero-order valence-corrected chi connectivity index (χ0v) is 15.4. The third kappa shape index (κ3) is 3.56. The number of aromatic nitrogens is 2. The number of benzene rings is 1. The molecule has 0 unspecified atom stereocenters. The smallest absolute Gasteiger partial charge is 0.332 e. The third-order valence-electron chi connectivity index (χ3n) is 4.98. The molecule has 1 amide bonds. The van der Waals surface area contributed by atoms with Crippen LogP contribution in [-0.2, 0) is 18.9 Å². The number of carbonyl (C=O) groups is 1. The maximum atomic E-state index is 12.5. The van der Waals surface area contributed by atoms with Gasteiger partial charge in [0.25, 0.3) is 5.56 Å². The molecule has 7 nitrogen and oxygen atoms in total. The number of amides is 1. The van der Waals surface area contributed by atoms with Gasteiger partial charge in [0.15, 0.2) is 0 Å². The predicted octanol–water partition coefficient (Wildman–Crippen LogP) is 1.25. The Kier molecular flexibility index (Phi) is 4.97. The summed E-state index contributed by atoms with van der Waals surface area (Å²) in [5, 5.41) is 2.98. The molecule has 138 valence electrons. The number of rotatable bonds is 3. The van der Waals surface area contributed by atoms with Crippen molar-refractivity contribution in [3.8, 4) is 0 Å². The zero-order valence-electron chi connectivity index (χ0n) is 15.4. The van der Waals surface area contributed by atoms with Gasteiger partial charge >= 0.3 is 5.69 Å². The summed E-state index contributed by atoms with van der Waals surface area (Å²) in [7, 11) is 3.13. The zero-order chi connectivity index (χ0) is 18.8. The van der Waals surface area contributed by atoms with E-state index in [0.29, 0.717) is 31.7 Å². The van der Waals surface area contributed by atoms with Crippen LogP contribution in [0.3, 0.4) is 0 Å². The van der Waals surface area contributed by atoms with Gasteiger partial charge < -0.3 is 10.2 Å². The average Bonchev–Trinajstić information content (AvgIpc) is 2.63. The van der Waals surface area contributed by atoms with Crippen molar-refractivity contribution < 1.29 is 4.79 Å². The fourth-order valence-electron chi connectivity index (χ4n) is 3.36. The first-order valence-corrected chi connectivity index (χ1v) is 8.76. The minimum atomic E-state index is -0.341. The van der Waals surface area contributed by atoms with Gasteiger partial charge in [-0.1, -0.05) is 12.1 Å². The highest BCUT2D eigenvalue weighted by Gasteiger charge is 2.26. The maximum Gasteiger partial charge on any atom is 0.332 e. The second kappa shape index (κ2) is 7.19. The summed E-state index contributed by atoms with van der Waals surface area (Å²) in [5.74, 6) is 0.555. The number of piperidine rings is 1. The van der Waals surface area contributed by atoms with Gasteiger partial charge in [0.1, 0.15) is 5.82 Å². The molecule has 0 spiro atoms. The van der Waals surface area contributed by atoms with E-state index < -0.39 is 0 Å². The molecule has 1 aromatic carbocycles. The van der Waals surface area contributed by atoms with Gasteiger partial charge in [0, 0.05) is 44.9 Å². The van der Waals surface area contributed by atoms with E-state index in [1.807, 2.05) is 36.1 Å². The molecule has 1 saturated heterocycles. The van der Waals surface area contributed by atoms with Gasteiger partial charge in [-0.3, -0.25) is 18.7 Å². The lowest BCUT2D eigenvalue weighted by molar-refractivity contribution is -0.120. The second-order valence-electron chi connectivity index (χ2n) is 6.86. The minimum absolute atomic E-state index is 0.0214. The van der Waals surface area contributed by atoms with Gasteiger partial charge in [0.2, 0.25) is 5.91 Å². The fraction of sp³-hybridized carbons (Fsp3) is 0.421. The highest BCUT2D eigenvalue weighted by molar-refractivity contribution is 5.92. The largest absolute Gasteiger partial charge is 0.358 e. The van der Waals surface area contributed by atoms with E-state index >= 15 is 0 Å². The Labute approximate surface area is 151 Å². The van der Waals surface area contributed by atoms with Crippen LogP contribution in [0.1, 0.15) is 18.4 Å². The number of carbonyl (C=O) groups excluding carboxylic acids is 1. The summed E-state index contributed by atoms with van der Waals surface area (Å²) >= 11 is 0. The second-order valence-corrected chi connectivity index (χ2v) is 6.86. The van der Waals surface area contributed by atoms with Gasteiger partial charge in [-0.05, 0) is 37.5 Å². The Morgan fingerprint density at radius 2 is 1.77 bits per heavy atom. The van der Waals surface area contributed by atoms with E-state index in [4.69, 9.17) is 0 Å². The van der Waals surface area contributed by atoms with Gasteiger partial charge in [0.05, 0.1) is 0 Å². The number of hydrogen-bond acceptors (Lipinski definition) is 4. The normalized spacial score (nSPS) is 15.1. The molecule has 3 rings (SSSR count). The molecular formula is C19H24N4O3. The van der Waals surface area contributed by atoms with E-state index in [0.717, 1.165) is 15.8 Å². The molecule has 1 fully saturated rings. The van der Waals surface area contributed by atoms with Gasteiger partial charge in [-0.2, -0.15) is 0 Å². The molecule has 1 aliphatic heterocycles. The lowest BCUT2D eigenvalue weighted by atomic mass is 9.95. The van der Waals surface area contributed by atoms with Crippen LogP contribution < -0.4 is 21.5 Å². The van der Waals surface area contributed by atoms with Crippen LogP contribution in [0.25, 0.3) is 0 Å². The number of anilines is 2. The number of hydrogen-bond donors (Lipinski definition) is 1. The molecule has 1 N–H and O–H groups in total. The minimum Gasteiger partial charge on any atom is -0.358 e. The number of nitrogens with zero attached hydrogens (tertiary/aromatic N) is 3. The monoisotopic (exact) mass is 356 g/mol. The number of aryl methyl sites for hydroxylation is 1. The summed E-state index contributed by atoms with van der Waals surface area (Å²) < 4.78 is 2.57. The van der Waals surface area contributed by atoms with Crippen LogP contribution in [0, 0.1) is 12.8 Å². The van der Waals surface area contributed by atoms with E-state index in [1.54, 1.807) is 7.05 Å². The quantitative estimate of drug-likeness (QED) is 0.898. The molecule has 0 bridgehead atoms. The van der Waals surface area contributed by atoms with E-state index in [1.165, 1.54) is 17.7 Å². The van der Waals surface area contributed by atoms with E-state index in [9.17, 15) is 14.4 Å². The van der Waals surface area contributed by atoms with Crippen LogP contribution in [0.15, 0.2) is 39.9 Å². The Hall–Kier alpha value is -2.83. The molecule has 2 heterocycles. The van der Waals surface area contributed by atoms with Crippen molar-refractivity contribution in [1.82, 2.24) is 9.13 Å². The molecule has 1 aromatic heterocycles. The van der Waals surface area contributed by atoms with Crippen LogP contribution in [0.5, 0.6) is 0 Å². The first-order valence-electron chi connectivity index (χ1n) is 8.76. The molecule has 0 saturated carbocycles. The summed E-state index contributed by atoms with van der Waals surface area (Å²) in [4.78, 5) is 38.5. The highest BCUT2D eigenvalue weighted by atomic mass is 16.2. The summed E-state index contributed by atoms with van der Waals surface area (Å²) in [6.07, 6.45) is 1.36. The van der Waals surface area contributed by atoms with Gasteiger partial charge in [-0.15, -0.1) is 0 Å². The lowest BCUT2D eigenvalue weighted by Crippen LogP contribution is -2.44. The molecule has 2 aromatic rings. The van der Waals surface area contributed by atoms with Crippen molar-refractivity contribution in [3.05, 3.63) is 56.7 Å². The third-order valence-corrected chi connectivity index (χ3v) is 4.98. The first kappa shape index (κ1) is 18.0. The molecule has 7 heteroatoms. The molecule has 0 atom stereocenters. The van der Waals surface area contributed by atoms with Crippen molar-refractivity contribution in [3.63, 3.8) is 0 Å². The van der Waals surface area contributed by atoms with E-state index in [2.05, 4.69) is 5.32 Å². The maximum absolute atomic E-state index is 12.5. The first-order chi connectivity index (χ1) is 12.4. The van der Waals surface area contributed by atoms with Gasteiger partial charge in [-0.25, -0.2) is 4.79 Å². The number of nitrogens with one attached hydrogen (secondary N) is 1. The summed E-state index contributed by atoms with van der Waals surface area (Å²) in [5.41, 5.74) is 1.25. The topological polar surface area (TPSA) is 76.3 Å². The Morgan fingerprint density at radius 3 is 2.42 bits per heavy atom. The molecule has 0 radical (unpaired) electrons. The van der Waals surface area contributed by atoms with Crippen molar-refractivity contribution in [2.45, 2.75) is 19.8 Å². The van der Waals surface area contributed by atoms with Crippen molar-refractivity contribution in [2.24, 2.45) is 20.0 Å². The van der Waals surface area contributed by atoms with E-state index in [-0.39, 0.29) is 23.1 Å². The highest BCUT2D eigenvalue weighted by Crippen LogP contribution is 2.23. The summed E-state index contributed by atoms with van der Waals surface area (Å²) in [6.45, 7) is 3.25. The molecule has 26 heavy (non-hydrogen) atoms. The molecule has 1 aliphatic rings. The molecule has 0 aliphatic carbocycles. The Morgan fingerprint density at radius 1 is 1.08 bits per heavy atom. The SMILES string of the molecule is Cc1cccc(NC(=O)C2CCN(c3cc(=O)n(C)c(=O)n3C)CC2)c1. The Balaban J connectivity index is 1.67. The van der Waals surface area contributed by atoms with Crippen molar-refractivity contribution >= 4 is 17.4 Å². The standard InChI is InChI=1S/C19H24N4O3/c1-13-5-4-6-15(11-13)20-18(25)14-7-9-23(10-8-14)16-12-17(24)22(3)19(26)21(16)2/h4-6,11-12,14H,7-10H2,1-3H3,(H,20,25). The molecular weight excluding hydrogens is 332 g/mol. The van der Waals surface area contributed by atoms with Crippen molar-refractivity contribution in [1.29, 1.82) is 0 Å². The van der Waals surface area contributed by atoms with Crippen LogP contribution in [-0.4, -0.2) is 28.1 Å². The Bertz CT molecular complexity index is 937. The predicted molar refractivity (Wildman–Crippen MR) is 102 cm³/mol. The fourth-order valence-corrected chi connectivity index (χ4v) is 3.36. The van der Waals surface area contributed by atoms with Crippen LogP contribution in [0.4, 0.5) is 11.5 Å². The van der Waals surface area contributed by atoms with Crippen LogP contribution in [0.2, 0.25) is 0 Å². The average molecular weight is 356 g/mol. The van der Waals surface area contributed by atoms with Crippen LogP contribution >= 0.6 is 0 Å².